The highest BCUT2D eigenvalue weighted by Gasteiger charge is 2.37. The number of carbonyl (C=O) groups excluding carboxylic acids is 1. The Morgan fingerprint density at radius 2 is 1.40 bits per heavy atom. The lowest BCUT2D eigenvalue weighted by Gasteiger charge is -2.30. The Morgan fingerprint density at radius 3 is 2.05 bits per heavy atom. The molecule has 0 fully saturated rings. The van der Waals surface area contributed by atoms with Gasteiger partial charge in [0.1, 0.15) is 0 Å². The van der Waals surface area contributed by atoms with Crippen LogP contribution >= 0.6 is 0 Å². The fourth-order valence-electron chi connectivity index (χ4n) is 5.56. The van der Waals surface area contributed by atoms with Crippen molar-refractivity contribution < 1.29 is 28.5 Å². The molecule has 210 valence electrons. The summed E-state index contributed by atoms with van der Waals surface area (Å²) in [6, 6.07) is 17.4. The van der Waals surface area contributed by atoms with Gasteiger partial charge in [0.05, 0.1) is 52.0 Å². The quantitative estimate of drug-likeness (QED) is 0.316. The van der Waals surface area contributed by atoms with Gasteiger partial charge < -0.3 is 34.3 Å². The maximum atomic E-state index is 14.0. The van der Waals surface area contributed by atoms with E-state index in [1.165, 1.54) is 0 Å². The SMILES string of the molecule is CCOc1ccc(C2Nc3ccccc3NC3=C2C(=O)CC(c2cc(OC)c(OC)c(OC)c2)C3)cc1OCC. The molecular formula is C32H36N2O6. The summed E-state index contributed by atoms with van der Waals surface area (Å²) >= 11 is 0. The average molecular weight is 545 g/mol. The van der Waals surface area contributed by atoms with Crippen LogP contribution < -0.4 is 34.3 Å². The van der Waals surface area contributed by atoms with Gasteiger partial charge in [-0.05, 0) is 73.7 Å². The zero-order valence-corrected chi connectivity index (χ0v) is 23.6. The van der Waals surface area contributed by atoms with E-state index in [1.54, 1.807) is 21.3 Å². The monoisotopic (exact) mass is 544 g/mol. The fraction of sp³-hybridized carbons (Fsp3) is 0.344. The van der Waals surface area contributed by atoms with Crippen molar-refractivity contribution in [2.75, 3.05) is 45.2 Å². The van der Waals surface area contributed by atoms with Gasteiger partial charge in [-0.1, -0.05) is 18.2 Å². The Balaban J connectivity index is 1.59. The lowest BCUT2D eigenvalue weighted by atomic mass is 9.78. The van der Waals surface area contributed by atoms with E-state index in [2.05, 4.69) is 10.6 Å². The third-order valence-corrected chi connectivity index (χ3v) is 7.37. The van der Waals surface area contributed by atoms with Gasteiger partial charge in [-0.3, -0.25) is 4.79 Å². The Hall–Kier alpha value is -4.33. The van der Waals surface area contributed by atoms with Crippen LogP contribution in [0.3, 0.4) is 0 Å². The van der Waals surface area contributed by atoms with Crippen molar-refractivity contribution in [1.29, 1.82) is 0 Å². The van der Waals surface area contributed by atoms with Crippen molar-refractivity contribution in [3.05, 3.63) is 77.0 Å². The van der Waals surface area contributed by atoms with Crippen LogP contribution in [0, 0.1) is 0 Å². The van der Waals surface area contributed by atoms with Crippen molar-refractivity contribution in [2.24, 2.45) is 0 Å². The predicted octanol–water partition coefficient (Wildman–Crippen LogP) is 6.49. The highest BCUT2D eigenvalue weighted by Crippen LogP contribution is 2.47. The number of ketones is 1. The van der Waals surface area contributed by atoms with Crippen molar-refractivity contribution in [2.45, 2.75) is 38.6 Å². The largest absolute Gasteiger partial charge is 0.493 e. The Bertz CT molecular complexity index is 1410. The molecule has 1 heterocycles. The molecule has 0 amide bonds. The van der Waals surface area contributed by atoms with Crippen LogP contribution in [-0.2, 0) is 4.79 Å². The second kappa shape index (κ2) is 11.8. The lowest BCUT2D eigenvalue weighted by molar-refractivity contribution is -0.116. The third-order valence-electron chi connectivity index (χ3n) is 7.37. The van der Waals surface area contributed by atoms with E-state index in [1.807, 2.05) is 68.4 Å². The van der Waals surface area contributed by atoms with Crippen LogP contribution in [0.1, 0.15) is 49.8 Å². The van der Waals surface area contributed by atoms with E-state index < -0.39 is 0 Å². The number of hydrogen-bond donors (Lipinski definition) is 2. The number of ether oxygens (including phenoxy) is 5. The van der Waals surface area contributed by atoms with Crippen LogP contribution in [0.2, 0.25) is 0 Å². The van der Waals surface area contributed by atoms with E-state index in [4.69, 9.17) is 23.7 Å². The van der Waals surface area contributed by atoms with Gasteiger partial charge in [0.25, 0.3) is 0 Å². The summed E-state index contributed by atoms with van der Waals surface area (Å²) in [7, 11) is 4.78. The fourth-order valence-corrected chi connectivity index (χ4v) is 5.56. The topological polar surface area (TPSA) is 87.3 Å². The molecule has 0 spiro atoms. The second-order valence-corrected chi connectivity index (χ2v) is 9.70. The molecule has 2 unspecified atom stereocenters. The number of rotatable bonds is 9. The molecule has 8 heteroatoms. The number of hydrogen-bond acceptors (Lipinski definition) is 8. The minimum absolute atomic E-state index is 0.0716. The van der Waals surface area contributed by atoms with Gasteiger partial charge in [0.15, 0.2) is 28.8 Å². The van der Waals surface area contributed by atoms with Crippen LogP contribution in [0.4, 0.5) is 11.4 Å². The Kier molecular flexibility index (Phi) is 8.05. The molecule has 1 aliphatic heterocycles. The molecule has 0 bridgehead atoms. The maximum absolute atomic E-state index is 14.0. The molecule has 3 aromatic carbocycles. The predicted molar refractivity (Wildman–Crippen MR) is 155 cm³/mol. The molecule has 0 radical (unpaired) electrons. The van der Waals surface area contributed by atoms with E-state index in [-0.39, 0.29) is 17.7 Å². The number of fused-ring (bicyclic) bond motifs is 1. The molecule has 2 atom stereocenters. The van der Waals surface area contributed by atoms with Crippen LogP contribution in [-0.4, -0.2) is 40.3 Å². The average Bonchev–Trinajstić information content (AvgIpc) is 3.14. The molecule has 0 saturated heterocycles. The molecule has 0 saturated carbocycles. The zero-order valence-electron chi connectivity index (χ0n) is 23.6. The summed E-state index contributed by atoms with van der Waals surface area (Å²) in [4.78, 5) is 14.0. The first-order chi connectivity index (χ1) is 19.5. The summed E-state index contributed by atoms with van der Waals surface area (Å²) in [5.74, 6) is 3.02. The van der Waals surface area contributed by atoms with E-state index in [9.17, 15) is 4.79 Å². The highest BCUT2D eigenvalue weighted by molar-refractivity contribution is 6.01. The van der Waals surface area contributed by atoms with E-state index >= 15 is 0 Å². The Labute approximate surface area is 235 Å². The highest BCUT2D eigenvalue weighted by atomic mass is 16.5. The number of allylic oxidation sites excluding steroid dienone is 1. The molecule has 5 rings (SSSR count). The van der Waals surface area contributed by atoms with Gasteiger partial charge in [-0.25, -0.2) is 0 Å². The normalized spacial score (nSPS) is 18.0. The number of carbonyl (C=O) groups is 1. The van der Waals surface area contributed by atoms with Crippen LogP contribution in [0.15, 0.2) is 65.9 Å². The van der Waals surface area contributed by atoms with Crippen molar-refractivity contribution in [3.63, 3.8) is 0 Å². The van der Waals surface area contributed by atoms with E-state index in [0.717, 1.165) is 33.8 Å². The van der Waals surface area contributed by atoms with Gasteiger partial charge in [-0.15, -0.1) is 0 Å². The minimum atomic E-state index is -0.366. The summed E-state index contributed by atoms with van der Waals surface area (Å²) < 4.78 is 28.4. The Morgan fingerprint density at radius 1 is 0.750 bits per heavy atom. The molecule has 3 aromatic rings. The first-order valence-electron chi connectivity index (χ1n) is 13.6. The smallest absolute Gasteiger partial charge is 0.203 e. The first-order valence-corrected chi connectivity index (χ1v) is 13.6. The van der Waals surface area contributed by atoms with Gasteiger partial charge in [-0.2, -0.15) is 0 Å². The van der Waals surface area contributed by atoms with Gasteiger partial charge in [0.2, 0.25) is 5.75 Å². The number of benzene rings is 3. The van der Waals surface area contributed by atoms with Crippen LogP contribution in [0.5, 0.6) is 28.7 Å². The number of anilines is 2. The number of methoxy groups -OCH3 is 3. The van der Waals surface area contributed by atoms with Crippen molar-refractivity contribution >= 4 is 17.2 Å². The number of nitrogens with one attached hydrogen (secondary N) is 2. The molecule has 2 aliphatic rings. The summed E-state index contributed by atoms with van der Waals surface area (Å²) in [6.07, 6.45) is 0.991. The molecule has 40 heavy (non-hydrogen) atoms. The minimum Gasteiger partial charge on any atom is -0.493 e. The third kappa shape index (κ3) is 5.13. The van der Waals surface area contributed by atoms with Gasteiger partial charge in [0, 0.05) is 17.7 Å². The number of para-hydroxylation sites is 2. The molecule has 2 N–H and O–H groups in total. The lowest BCUT2D eigenvalue weighted by Crippen LogP contribution is -2.27. The van der Waals surface area contributed by atoms with Crippen molar-refractivity contribution in [3.8, 4) is 28.7 Å². The first kappa shape index (κ1) is 27.2. The van der Waals surface area contributed by atoms with E-state index in [0.29, 0.717) is 54.8 Å². The molecule has 8 nitrogen and oxygen atoms in total. The summed E-state index contributed by atoms with van der Waals surface area (Å²) in [5.41, 5.74) is 5.35. The zero-order chi connectivity index (χ0) is 28.2. The number of Topliss-reactive ketones (excluding diaryl/α,β-unsaturated/α-hetero) is 1. The molecule has 0 aromatic heterocycles. The summed E-state index contributed by atoms with van der Waals surface area (Å²) in [5, 5.41) is 7.23. The van der Waals surface area contributed by atoms with Crippen molar-refractivity contribution in [1.82, 2.24) is 0 Å². The summed E-state index contributed by atoms with van der Waals surface area (Å²) in [6.45, 7) is 4.94. The second-order valence-electron chi connectivity index (χ2n) is 9.70. The molecular weight excluding hydrogens is 508 g/mol. The van der Waals surface area contributed by atoms with Crippen LogP contribution in [0.25, 0.3) is 0 Å². The maximum Gasteiger partial charge on any atom is 0.203 e. The standard InChI is InChI=1S/C32H36N2O6/c1-6-39-26-13-12-19(16-27(26)40-7-2)31-30-24(33-22-10-8-9-11-23(22)34-31)14-20(15-25(30)35)21-17-28(36-3)32(38-5)29(18-21)37-4/h8-13,16-18,20,31,33-34H,6-7,14-15H2,1-5H3. The molecule has 1 aliphatic carbocycles. The van der Waals surface area contributed by atoms with Gasteiger partial charge >= 0.3 is 0 Å².